The molecule has 1 saturated carbocycles. The van der Waals surface area contributed by atoms with E-state index in [1.807, 2.05) is 0 Å². The Hall–Kier alpha value is -1.41. The minimum absolute atomic E-state index is 0.00727. The molecule has 0 spiro atoms. The van der Waals surface area contributed by atoms with Crippen molar-refractivity contribution >= 4 is 22.4 Å². The first-order chi connectivity index (χ1) is 9.41. The second kappa shape index (κ2) is 5.92. The highest BCUT2D eigenvalue weighted by atomic mass is 32.1. The van der Waals surface area contributed by atoms with Crippen molar-refractivity contribution in [3.8, 4) is 6.07 Å². The highest BCUT2D eigenvalue weighted by molar-refractivity contribution is 7.10. The minimum atomic E-state index is 0.00727. The Balaban J connectivity index is 1.94. The van der Waals surface area contributed by atoms with E-state index in [2.05, 4.69) is 29.6 Å². The van der Waals surface area contributed by atoms with Crippen molar-refractivity contribution in [3.05, 3.63) is 11.3 Å². The van der Waals surface area contributed by atoms with E-state index in [1.165, 1.54) is 24.4 Å². The average molecular weight is 291 g/mol. The molecule has 108 valence electrons. The van der Waals surface area contributed by atoms with E-state index in [9.17, 15) is 4.79 Å². The van der Waals surface area contributed by atoms with Gasteiger partial charge in [0.15, 0.2) is 0 Å². The third kappa shape index (κ3) is 3.57. The number of nitrogens with one attached hydrogen (secondary N) is 1. The Morgan fingerprint density at radius 2 is 2.35 bits per heavy atom. The topological polar surface area (TPSA) is 65.8 Å². The summed E-state index contributed by atoms with van der Waals surface area (Å²) in [5, 5.41) is 12.5. The maximum absolute atomic E-state index is 12.1. The third-order valence-electron chi connectivity index (χ3n) is 4.01. The molecule has 1 amide bonds. The lowest BCUT2D eigenvalue weighted by molar-refractivity contribution is -0.117. The zero-order valence-electron chi connectivity index (χ0n) is 12.3. The quantitative estimate of drug-likeness (QED) is 0.919. The van der Waals surface area contributed by atoms with Gasteiger partial charge in [0.05, 0.1) is 5.69 Å². The van der Waals surface area contributed by atoms with Crippen molar-refractivity contribution < 1.29 is 4.79 Å². The van der Waals surface area contributed by atoms with Crippen LogP contribution in [0.4, 0.5) is 5.00 Å². The summed E-state index contributed by atoms with van der Waals surface area (Å²) in [7, 11) is 0. The summed E-state index contributed by atoms with van der Waals surface area (Å²) in [6, 6.07) is 2.10. The van der Waals surface area contributed by atoms with Crippen LogP contribution in [0.1, 0.15) is 57.2 Å². The molecule has 1 atom stereocenters. The van der Waals surface area contributed by atoms with Gasteiger partial charge in [-0.05, 0) is 49.1 Å². The highest BCUT2D eigenvalue weighted by Crippen LogP contribution is 2.40. The number of aromatic nitrogens is 1. The van der Waals surface area contributed by atoms with Crippen LogP contribution in [0, 0.1) is 29.6 Å². The zero-order valence-corrected chi connectivity index (χ0v) is 13.1. The van der Waals surface area contributed by atoms with Gasteiger partial charge in [0, 0.05) is 6.42 Å². The summed E-state index contributed by atoms with van der Waals surface area (Å²) >= 11 is 1.19. The Morgan fingerprint density at radius 3 is 3.00 bits per heavy atom. The average Bonchev–Trinajstić information content (AvgIpc) is 2.68. The number of nitriles is 1. The summed E-state index contributed by atoms with van der Waals surface area (Å²) in [5.41, 5.74) is 1.53. The first-order valence-corrected chi connectivity index (χ1v) is 7.85. The molecular weight excluding hydrogens is 270 g/mol. The van der Waals surface area contributed by atoms with E-state index >= 15 is 0 Å². The van der Waals surface area contributed by atoms with Gasteiger partial charge in [-0.2, -0.15) is 9.64 Å². The standard InChI is InChI=1S/C15H21N3OS/c1-10-12(9-16)14(20-18-10)17-13(19)7-11-5-4-6-15(2,3)8-11/h11H,4-8H2,1-3H3,(H,17,19)/t11-/m1/s1. The first-order valence-electron chi connectivity index (χ1n) is 7.07. The maximum atomic E-state index is 12.1. The van der Waals surface area contributed by atoms with E-state index in [0.717, 1.165) is 12.8 Å². The molecule has 4 nitrogen and oxygen atoms in total. The lowest BCUT2D eigenvalue weighted by Gasteiger charge is -2.34. The van der Waals surface area contributed by atoms with E-state index in [0.29, 0.717) is 34.0 Å². The Kier molecular flexibility index (Phi) is 4.44. The molecule has 0 unspecified atom stereocenters. The number of carbonyl (C=O) groups is 1. The second-order valence-corrected chi connectivity index (χ2v) is 7.24. The molecule has 1 heterocycles. The van der Waals surface area contributed by atoms with E-state index in [1.54, 1.807) is 6.92 Å². The van der Waals surface area contributed by atoms with Crippen molar-refractivity contribution in [1.82, 2.24) is 4.37 Å². The van der Waals surface area contributed by atoms with Crippen LogP contribution in [0.25, 0.3) is 0 Å². The Morgan fingerprint density at radius 1 is 1.60 bits per heavy atom. The summed E-state index contributed by atoms with van der Waals surface area (Å²) in [6.07, 6.45) is 5.23. The van der Waals surface area contributed by atoms with Crippen LogP contribution in [-0.2, 0) is 4.79 Å². The van der Waals surface area contributed by atoms with Crippen LogP contribution in [0.3, 0.4) is 0 Å². The maximum Gasteiger partial charge on any atom is 0.225 e. The number of nitrogens with zero attached hydrogens (tertiary/aromatic N) is 2. The lowest BCUT2D eigenvalue weighted by Crippen LogP contribution is -2.26. The number of hydrogen-bond donors (Lipinski definition) is 1. The summed E-state index contributed by atoms with van der Waals surface area (Å²) in [4.78, 5) is 12.1. The van der Waals surface area contributed by atoms with Crippen molar-refractivity contribution in [1.29, 1.82) is 5.26 Å². The van der Waals surface area contributed by atoms with Gasteiger partial charge < -0.3 is 5.32 Å². The molecule has 1 aromatic heterocycles. The van der Waals surface area contributed by atoms with Crippen LogP contribution in [-0.4, -0.2) is 10.3 Å². The molecular formula is C15H21N3OS. The van der Waals surface area contributed by atoms with Gasteiger partial charge in [-0.3, -0.25) is 4.79 Å². The van der Waals surface area contributed by atoms with Gasteiger partial charge >= 0.3 is 0 Å². The van der Waals surface area contributed by atoms with Crippen LogP contribution in [0.2, 0.25) is 0 Å². The molecule has 1 fully saturated rings. The van der Waals surface area contributed by atoms with Crippen LogP contribution in [0.5, 0.6) is 0 Å². The van der Waals surface area contributed by atoms with Gasteiger partial charge in [-0.15, -0.1) is 0 Å². The molecule has 1 aromatic rings. The van der Waals surface area contributed by atoms with Gasteiger partial charge in [0.25, 0.3) is 0 Å². The van der Waals surface area contributed by atoms with Gasteiger partial charge in [-0.25, -0.2) is 0 Å². The van der Waals surface area contributed by atoms with E-state index in [4.69, 9.17) is 5.26 Å². The molecule has 1 aliphatic rings. The summed E-state index contributed by atoms with van der Waals surface area (Å²) in [5.74, 6) is 0.464. The fourth-order valence-electron chi connectivity index (χ4n) is 3.06. The number of amides is 1. The second-order valence-electron chi connectivity index (χ2n) is 6.46. The SMILES string of the molecule is Cc1nsc(NC(=O)C[C@H]2CCCC(C)(C)C2)c1C#N. The minimum Gasteiger partial charge on any atom is -0.315 e. The van der Waals surface area contributed by atoms with Crippen molar-refractivity contribution in [2.75, 3.05) is 5.32 Å². The zero-order chi connectivity index (χ0) is 14.8. The fraction of sp³-hybridized carbons (Fsp3) is 0.667. The predicted octanol–water partition coefficient (Wildman–Crippen LogP) is 3.87. The van der Waals surface area contributed by atoms with E-state index < -0.39 is 0 Å². The van der Waals surface area contributed by atoms with Gasteiger partial charge in [-0.1, -0.05) is 20.3 Å². The van der Waals surface area contributed by atoms with Crippen LogP contribution in [0.15, 0.2) is 0 Å². The lowest BCUT2D eigenvalue weighted by atomic mass is 9.71. The first kappa shape index (κ1) is 15.0. The Bertz CT molecular complexity index is 542. The molecule has 0 bridgehead atoms. The normalized spacial score (nSPS) is 21.2. The fourth-order valence-corrected chi connectivity index (χ4v) is 3.82. The predicted molar refractivity (Wildman–Crippen MR) is 80.6 cm³/mol. The molecule has 1 N–H and O–H groups in total. The van der Waals surface area contributed by atoms with Gasteiger partial charge in [0.1, 0.15) is 16.6 Å². The van der Waals surface area contributed by atoms with Crippen molar-refractivity contribution in [2.24, 2.45) is 11.3 Å². The molecule has 0 aromatic carbocycles. The van der Waals surface area contributed by atoms with Crippen LogP contribution < -0.4 is 5.32 Å². The summed E-state index contributed by atoms with van der Waals surface area (Å²) in [6.45, 7) is 6.34. The molecule has 2 rings (SSSR count). The van der Waals surface area contributed by atoms with Gasteiger partial charge in [0.2, 0.25) is 5.91 Å². The molecule has 0 radical (unpaired) electrons. The molecule has 5 heteroatoms. The third-order valence-corrected chi connectivity index (χ3v) is 4.86. The van der Waals surface area contributed by atoms with E-state index in [-0.39, 0.29) is 5.91 Å². The molecule has 1 aliphatic carbocycles. The largest absolute Gasteiger partial charge is 0.315 e. The number of carbonyl (C=O) groups excluding carboxylic acids is 1. The monoisotopic (exact) mass is 291 g/mol. The molecule has 0 saturated heterocycles. The van der Waals surface area contributed by atoms with Crippen molar-refractivity contribution in [3.63, 3.8) is 0 Å². The number of rotatable bonds is 3. The highest BCUT2D eigenvalue weighted by Gasteiger charge is 2.29. The number of aryl methyl sites for hydroxylation is 1. The summed E-state index contributed by atoms with van der Waals surface area (Å²) < 4.78 is 4.11. The molecule has 20 heavy (non-hydrogen) atoms. The van der Waals surface area contributed by atoms with Crippen LogP contribution >= 0.6 is 11.5 Å². The number of anilines is 1. The Labute approximate surface area is 124 Å². The smallest absolute Gasteiger partial charge is 0.225 e. The number of hydrogen-bond acceptors (Lipinski definition) is 4. The van der Waals surface area contributed by atoms with Crippen molar-refractivity contribution in [2.45, 2.75) is 52.9 Å². The molecule has 0 aliphatic heterocycles.